The first kappa shape index (κ1) is 22.8. The third-order valence-electron chi connectivity index (χ3n) is 5.60. The SMILES string of the molecule is COc1ccc(-n2c(C)nnc2SCc2ccc(C(=O)NCc3ccc4c(c3)OCO4)cc2)cc1. The molecule has 0 spiro atoms. The maximum absolute atomic E-state index is 12.6. The quantitative estimate of drug-likeness (QED) is 0.365. The van der Waals surface area contributed by atoms with Crippen molar-refractivity contribution in [2.24, 2.45) is 0 Å². The predicted molar refractivity (Wildman–Crippen MR) is 132 cm³/mol. The molecule has 2 heterocycles. The Hall–Kier alpha value is -3.98. The van der Waals surface area contributed by atoms with Crippen LogP contribution >= 0.6 is 11.8 Å². The molecule has 0 radical (unpaired) electrons. The largest absolute Gasteiger partial charge is 0.497 e. The predicted octanol–water partition coefficient (Wildman–Crippen LogP) is 4.54. The molecule has 1 aliphatic heterocycles. The summed E-state index contributed by atoms with van der Waals surface area (Å²) in [6, 6.07) is 21.1. The summed E-state index contributed by atoms with van der Waals surface area (Å²) in [7, 11) is 1.65. The minimum Gasteiger partial charge on any atom is -0.497 e. The highest BCUT2D eigenvalue weighted by molar-refractivity contribution is 7.98. The number of nitrogens with one attached hydrogen (secondary N) is 1. The highest BCUT2D eigenvalue weighted by Gasteiger charge is 2.14. The van der Waals surface area contributed by atoms with Crippen molar-refractivity contribution in [3.63, 3.8) is 0 Å². The molecular formula is C26H24N4O4S. The number of nitrogens with zero attached hydrogens (tertiary/aromatic N) is 3. The van der Waals surface area contributed by atoms with E-state index in [-0.39, 0.29) is 12.7 Å². The van der Waals surface area contributed by atoms with Crippen molar-refractivity contribution >= 4 is 17.7 Å². The van der Waals surface area contributed by atoms with E-state index in [4.69, 9.17) is 14.2 Å². The molecule has 5 rings (SSSR count). The Morgan fingerprint density at radius 2 is 1.74 bits per heavy atom. The van der Waals surface area contributed by atoms with Gasteiger partial charge in [-0.05, 0) is 66.6 Å². The van der Waals surface area contributed by atoms with Crippen molar-refractivity contribution in [3.8, 4) is 22.9 Å². The molecule has 0 saturated heterocycles. The smallest absolute Gasteiger partial charge is 0.251 e. The monoisotopic (exact) mass is 488 g/mol. The third kappa shape index (κ3) is 5.09. The molecular weight excluding hydrogens is 464 g/mol. The fourth-order valence-corrected chi connectivity index (χ4v) is 4.65. The van der Waals surface area contributed by atoms with Gasteiger partial charge < -0.3 is 19.5 Å². The molecule has 4 aromatic rings. The molecule has 8 nitrogen and oxygen atoms in total. The molecule has 0 unspecified atom stereocenters. The Bertz CT molecular complexity index is 1340. The molecule has 0 bridgehead atoms. The van der Waals surface area contributed by atoms with Gasteiger partial charge >= 0.3 is 0 Å². The number of rotatable bonds is 8. The first-order valence-corrected chi connectivity index (χ1v) is 12.0. The Kier molecular flexibility index (Phi) is 6.58. The van der Waals surface area contributed by atoms with Crippen LogP contribution in [-0.2, 0) is 12.3 Å². The lowest BCUT2D eigenvalue weighted by Crippen LogP contribution is -2.22. The number of aromatic nitrogens is 3. The standard InChI is InChI=1S/C26H24N4O4S/c1-17-28-29-26(30(17)21-8-10-22(32-2)11-9-21)35-15-18-3-6-20(7-4-18)25(31)27-14-19-5-12-23-24(13-19)34-16-33-23/h3-13H,14-16H2,1-2H3,(H,27,31). The Labute approximate surface area is 207 Å². The number of thioether (sulfide) groups is 1. The molecule has 0 fully saturated rings. The molecule has 9 heteroatoms. The van der Waals surface area contributed by atoms with Gasteiger partial charge in [-0.1, -0.05) is 30.0 Å². The van der Waals surface area contributed by atoms with Crippen LogP contribution < -0.4 is 19.5 Å². The van der Waals surface area contributed by atoms with E-state index < -0.39 is 0 Å². The number of aryl methyl sites for hydroxylation is 1. The second-order valence-corrected chi connectivity index (χ2v) is 8.86. The first-order chi connectivity index (χ1) is 17.1. The van der Waals surface area contributed by atoms with E-state index in [1.165, 1.54) is 0 Å². The summed E-state index contributed by atoms with van der Waals surface area (Å²) in [5.74, 6) is 3.62. The van der Waals surface area contributed by atoms with Gasteiger partial charge in [-0.3, -0.25) is 9.36 Å². The third-order valence-corrected chi connectivity index (χ3v) is 6.60. The maximum atomic E-state index is 12.6. The number of carbonyl (C=O) groups is 1. The number of amides is 1. The van der Waals surface area contributed by atoms with Crippen molar-refractivity contribution in [1.82, 2.24) is 20.1 Å². The summed E-state index contributed by atoms with van der Waals surface area (Å²) in [5.41, 5.74) is 3.62. The second-order valence-electron chi connectivity index (χ2n) is 7.92. The minimum atomic E-state index is -0.128. The van der Waals surface area contributed by atoms with Crippen molar-refractivity contribution in [2.75, 3.05) is 13.9 Å². The number of ether oxygens (including phenoxy) is 3. The average molecular weight is 489 g/mol. The normalized spacial score (nSPS) is 11.9. The van der Waals surface area contributed by atoms with Crippen molar-refractivity contribution in [3.05, 3.63) is 89.2 Å². The number of benzene rings is 3. The number of fused-ring (bicyclic) bond motifs is 1. The summed E-state index contributed by atoms with van der Waals surface area (Å²) in [6.07, 6.45) is 0. The molecule has 0 aliphatic carbocycles. The van der Waals surface area contributed by atoms with Crippen molar-refractivity contribution in [2.45, 2.75) is 24.4 Å². The van der Waals surface area contributed by atoms with E-state index in [0.717, 1.165) is 39.3 Å². The Balaban J connectivity index is 1.19. The van der Waals surface area contributed by atoms with Crippen LogP contribution in [0.25, 0.3) is 5.69 Å². The van der Waals surface area contributed by atoms with Gasteiger partial charge in [-0.2, -0.15) is 0 Å². The van der Waals surface area contributed by atoms with E-state index in [1.54, 1.807) is 18.9 Å². The van der Waals surface area contributed by atoms with Crippen LogP contribution in [0.15, 0.2) is 71.9 Å². The molecule has 35 heavy (non-hydrogen) atoms. The molecule has 3 aromatic carbocycles. The van der Waals surface area contributed by atoms with Crippen LogP contribution in [0.2, 0.25) is 0 Å². The minimum absolute atomic E-state index is 0.128. The van der Waals surface area contributed by atoms with Crippen LogP contribution in [0, 0.1) is 6.92 Å². The van der Waals surface area contributed by atoms with Gasteiger partial charge in [0.2, 0.25) is 6.79 Å². The van der Waals surface area contributed by atoms with Crippen molar-refractivity contribution in [1.29, 1.82) is 0 Å². The number of hydrogen-bond acceptors (Lipinski definition) is 7. The van der Waals surface area contributed by atoms with E-state index in [0.29, 0.717) is 23.6 Å². The van der Waals surface area contributed by atoms with E-state index in [9.17, 15) is 4.79 Å². The van der Waals surface area contributed by atoms with Gasteiger partial charge in [0.1, 0.15) is 11.6 Å². The Morgan fingerprint density at radius 3 is 2.51 bits per heavy atom. The lowest BCUT2D eigenvalue weighted by Gasteiger charge is -2.10. The lowest BCUT2D eigenvalue weighted by molar-refractivity contribution is 0.0951. The topological polar surface area (TPSA) is 87.5 Å². The van der Waals surface area contributed by atoms with Crippen LogP contribution in [0.1, 0.15) is 27.3 Å². The highest BCUT2D eigenvalue weighted by atomic mass is 32.2. The number of methoxy groups -OCH3 is 1. The summed E-state index contributed by atoms with van der Waals surface area (Å²) in [4.78, 5) is 12.6. The summed E-state index contributed by atoms with van der Waals surface area (Å²) in [6.45, 7) is 2.57. The maximum Gasteiger partial charge on any atom is 0.251 e. The van der Waals surface area contributed by atoms with Crippen LogP contribution in [0.4, 0.5) is 0 Å². The molecule has 1 aliphatic rings. The average Bonchev–Trinajstić information content (AvgIpc) is 3.52. The zero-order valence-corrected chi connectivity index (χ0v) is 20.2. The van der Waals surface area contributed by atoms with Crippen LogP contribution in [0.5, 0.6) is 17.2 Å². The Morgan fingerprint density at radius 1 is 1.00 bits per heavy atom. The van der Waals surface area contributed by atoms with Gasteiger partial charge in [0, 0.05) is 23.5 Å². The number of carbonyl (C=O) groups excluding carboxylic acids is 1. The van der Waals surface area contributed by atoms with E-state index in [2.05, 4.69) is 15.5 Å². The molecule has 1 aromatic heterocycles. The molecule has 0 saturated carbocycles. The fourth-order valence-electron chi connectivity index (χ4n) is 3.70. The zero-order valence-electron chi connectivity index (χ0n) is 19.4. The van der Waals surface area contributed by atoms with Crippen molar-refractivity contribution < 1.29 is 19.0 Å². The van der Waals surface area contributed by atoms with Gasteiger partial charge in [0.15, 0.2) is 16.7 Å². The van der Waals surface area contributed by atoms with E-state index in [1.807, 2.05) is 78.2 Å². The van der Waals surface area contributed by atoms with Gasteiger partial charge in [-0.25, -0.2) is 0 Å². The molecule has 0 atom stereocenters. The van der Waals surface area contributed by atoms with Gasteiger partial charge in [0.05, 0.1) is 7.11 Å². The molecule has 178 valence electrons. The van der Waals surface area contributed by atoms with Gasteiger partial charge in [0.25, 0.3) is 5.91 Å². The number of hydrogen-bond donors (Lipinski definition) is 1. The lowest BCUT2D eigenvalue weighted by atomic mass is 10.1. The summed E-state index contributed by atoms with van der Waals surface area (Å²) in [5, 5.41) is 12.3. The summed E-state index contributed by atoms with van der Waals surface area (Å²) >= 11 is 1.59. The second kappa shape index (κ2) is 10.1. The molecule has 1 amide bonds. The zero-order chi connectivity index (χ0) is 24.2. The summed E-state index contributed by atoms with van der Waals surface area (Å²) < 4.78 is 18.0. The fraction of sp³-hybridized carbons (Fsp3) is 0.192. The van der Waals surface area contributed by atoms with Gasteiger partial charge in [-0.15, -0.1) is 10.2 Å². The highest BCUT2D eigenvalue weighted by Crippen LogP contribution is 2.32. The first-order valence-electron chi connectivity index (χ1n) is 11.1. The van der Waals surface area contributed by atoms with Crippen LogP contribution in [-0.4, -0.2) is 34.6 Å². The molecule has 1 N–H and O–H groups in total. The van der Waals surface area contributed by atoms with Crippen LogP contribution in [0.3, 0.4) is 0 Å². The van der Waals surface area contributed by atoms with E-state index >= 15 is 0 Å².